The number of anilines is 1. The number of nitrogens with zero attached hydrogens (tertiary/aromatic N) is 2. The minimum absolute atomic E-state index is 0.107. The predicted octanol–water partition coefficient (Wildman–Crippen LogP) is 0.474. The van der Waals surface area contributed by atoms with Gasteiger partial charge < -0.3 is 15.2 Å². The molecule has 0 bridgehead atoms. The summed E-state index contributed by atoms with van der Waals surface area (Å²) < 4.78 is 6.68. The Morgan fingerprint density at radius 3 is 3.00 bits per heavy atom. The minimum Gasteiger partial charge on any atom is -0.480 e. The van der Waals surface area contributed by atoms with E-state index in [-0.39, 0.29) is 18.6 Å². The zero-order valence-corrected chi connectivity index (χ0v) is 10.00. The molecule has 7 heteroatoms. The number of rotatable bonds is 4. The van der Waals surface area contributed by atoms with Gasteiger partial charge in [0.05, 0.1) is 18.0 Å². The molecule has 2 unspecified atom stereocenters. The quantitative estimate of drug-likeness (QED) is 0.813. The van der Waals surface area contributed by atoms with E-state index in [0.717, 1.165) is 6.42 Å². The summed E-state index contributed by atoms with van der Waals surface area (Å²) in [5.41, 5.74) is 0.476. The Hall–Kier alpha value is -1.89. The second kappa shape index (κ2) is 5.18. The number of hydrogen-bond acceptors (Lipinski definition) is 4. The van der Waals surface area contributed by atoms with Crippen molar-refractivity contribution in [2.45, 2.75) is 38.5 Å². The van der Waals surface area contributed by atoms with E-state index in [2.05, 4.69) is 10.4 Å². The number of amides is 1. The number of carbonyl (C=O) groups is 2. The number of hydrogen-bond donors (Lipinski definition) is 2. The topological polar surface area (TPSA) is 93.5 Å². The van der Waals surface area contributed by atoms with Crippen molar-refractivity contribution in [3.63, 3.8) is 0 Å². The molecule has 98 valence electrons. The maximum atomic E-state index is 11.8. The molecule has 1 fully saturated rings. The molecular formula is C11H15N3O4. The number of nitrogens with one attached hydrogen (secondary N) is 1. The monoisotopic (exact) mass is 253 g/mol. The molecule has 1 saturated heterocycles. The molecule has 0 radical (unpaired) electrons. The maximum Gasteiger partial charge on any atom is 0.325 e. The van der Waals surface area contributed by atoms with Crippen molar-refractivity contribution < 1.29 is 19.4 Å². The fourth-order valence-electron chi connectivity index (χ4n) is 1.87. The second-order valence-corrected chi connectivity index (χ2v) is 4.32. The highest BCUT2D eigenvalue weighted by molar-refractivity contribution is 5.94. The van der Waals surface area contributed by atoms with Gasteiger partial charge >= 0.3 is 5.97 Å². The average Bonchev–Trinajstić information content (AvgIpc) is 2.87. The lowest BCUT2D eigenvalue weighted by Crippen LogP contribution is -2.27. The molecule has 1 aromatic rings. The van der Waals surface area contributed by atoms with Gasteiger partial charge in [-0.3, -0.25) is 14.3 Å². The number of aliphatic carboxylic acids is 1. The third-order valence-corrected chi connectivity index (χ3v) is 2.72. The SMILES string of the molecule is CC1CCC(C(=O)Nc2cnn(CC(=O)O)c2)O1. The number of carboxylic acid groups (broad SMARTS) is 1. The smallest absolute Gasteiger partial charge is 0.325 e. The van der Waals surface area contributed by atoms with Crippen LogP contribution in [0.15, 0.2) is 12.4 Å². The predicted molar refractivity (Wildman–Crippen MR) is 62.1 cm³/mol. The molecule has 1 aliphatic heterocycles. The van der Waals surface area contributed by atoms with Gasteiger partial charge in [-0.05, 0) is 19.8 Å². The van der Waals surface area contributed by atoms with Gasteiger partial charge in [-0.2, -0.15) is 5.10 Å². The normalized spacial score (nSPS) is 22.9. The molecule has 0 aliphatic carbocycles. The van der Waals surface area contributed by atoms with Crippen molar-refractivity contribution in [2.75, 3.05) is 5.32 Å². The van der Waals surface area contributed by atoms with Crippen molar-refractivity contribution in [3.8, 4) is 0 Å². The van der Waals surface area contributed by atoms with Gasteiger partial charge in [0, 0.05) is 6.20 Å². The Labute approximate surface area is 104 Å². The molecule has 1 amide bonds. The van der Waals surface area contributed by atoms with E-state index >= 15 is 0 Å². The number of ether oxygens (including phenoxy) is 1. The van der Waals surface area contributed by atoms with E-state index in [1.807, 2.05) is 6.92 Å². The summed E-state index contributed by atoms with van der Waals surface area (Å²) in [5.74, 6) is -1.20. The van der Waals surface area contributed by atoms with Gasteiger partial charge in [-0.1, -0.05) is 0 Å². The van der Waals surface area contributed by atoms with E-state index in [1.165, 1.54) is 17.1 Å². The van der Waals surface area contributed by atoms with Crippen molar-refractivity contribution in [1.82, 2.24) is 9.78 Å². The van der Waals surface area contributed by atoms with Gasteiger partial charge in [0.2, 0.25) is 0 Å². The number of aromatic nitrogens is 2. The van der Waals surface area contributed by atoms with E-state index in [1.54, 1.807) is 0 Å². The fourth-order valence-corrected chi connectivity index (χ4v) is 1.87. The van der Waals surface area contributed by atoms with Crippen LogP contribution in [0.25, 0.3) is 0 Å². The molecule has 18 heavy (non-hydrogen) atoms. The highest BCUT2D eigenvalue weighted by Crippen LogP contribution is 2.20. The summed E-state index contributed by atoms with van der Waals surface area (Å²) in [6.45, 7) is 1.70. The summed E-state index contributed by atoms with van der Waals surface area (Å²) >= 11 is 0. The van der Waals surface area contributed by atoms with Gasteiger partial charge in [-0.15, -0.1) is 0 Å². The Morgan fingerprint density at radius 1 is 1.61 bits per heavy atom. The van der Waals surface area contributed by atoms with E-state index in [4.69, 9.17) is 9.84 Å². The minimum atomic E-state index is -0.982. The van der Waals surface area contributed by atoms with Crippen LogP contribution in [-0.2, 0) is 20.9 Å². The standard InChI is InChI=1S/C11H15N3O4/c1-7-2-3-9(18-7)11(17)13-8-4-12-14(5-8)6-10(15)16/h4-5,7,9H,2-3,6H2,1H3,(H,13,17)(H,15,16). The van der Waals surface area contributed by atoms with Gasteiger partial charge in [-0.25, -0.2) is 0 Å². The summed E-state index contributed by atoms with van der Waals surface area (Å²) in [4.78, 5) is 22.3. The highest BCUT2D eigenvalue weighted by atomic mass is 16.5. The van der Waals surface area contributed by atoms with Crippen LogP contribution in [0, 0.1) is 0 Å². The zero-order valence-electron chi connectivity index (χ0n) is 10.00. The van der Waals surface area contributed by atoms with Crippen LogP contribution in [-0.4, -0.2) is 39.0 Å². The molecule has 2 heterocycles. The molecule has 2 atom stereocenters. The van der Waals surface area contributed by atoms with E-state index in [9.17, 15) is 9.59 Å². The molecule has 0 spiro atoms. The molecule has 1 aliphatic rings. The largest absolute Gasteiger partial charge is 0.480 e. The van der Waals surface area contributed by atoms with Crippen LogP contribution >= 0.6 is 0 Å². The molecule has 2 rings (SSSR count). The number of carbonyl (C=O) groups excluding carboxylic acids is 1. The maximum absolute atomic E-state index is 11.8. The summed E-state index contributed by atoms with van der Waals surface area (Å²) in [5, 5.41) is 15.1. The molecule has 0 saturated carbocycles. The molecular weight excluding hydrogens is 238 g/mol. The van der Waals surface area contributed by atoms with Crippen LogP contribution in [0.5, 0.6) is 0 Å². The lowest BCUT2D eigenvalue weighted by Gasteiger charge is -2.10. The zero-order chi connectivity index (χ0) is 13.1. The van der Waals surface area contributed by atoms with Crippen LogP contribution < -0.4 is 5.32 Å². The lowest BCUT2D eigenvalue weighted by atomic mass is 10.2. The van der Waals surface area contributed by atoms with Gasteiger partial charge in [0.1, 0.15) is 12.6 Å². The molecule has 0 aromatic carbocycles. The van der Waals surface area contributed by atoms with Gasteiger partial charge in [0.15, 0.2) is 0 Å². The average molecular weight is 253 g/mol. The fraction of sp³-hybridized carbons (Fsp3) is 0.545. The Morgan fingerprint density at radius 2 is 2.39 bits per heavy atom. The second-order valence-electron chi connectivity index (χ2n) is 4.32. The summed E-state index contributed by atoms with van der Waals surface area (Å²) in [7, 11) is 0. The van der Waals surface area contributed by atoms with Crippen LogP contribution in [0.4, 0.5) is 5.69 Å². The molecule has 2 N–H and O–H groups in total. The van der Waals surface area contributed by atoms with E-state index in [0.29, 0.717) is 12.1 Å². The first-order valence-electron chi connectivity index (χ1n) is 5.75. The van der Waals surface area contributed by atoms with Crippen LogP contribution in [0.3, 0.4) is 0 Å². The first-order valence-corrected chi connectivity index (χ1v) is 5.75. The van der Waals surface area contributed by atoms with Crippen LogP contribution in [0.2, 0.25) is 0 Å². The first-order chi connectivity index (χ1) is 8.54. The third-order valence-electron chi connectivity index (χ3n) is 2.72. The molecule has 7 nitrogen and oxygen atoms in total. The Balaban J connectivity index is 1.91. The van der Waals surface area contributed by atoms with Crippen molar-refractivity contribution in [3.05, 3.63) is 12.4 Å². The summed E-state index contributed by atoms with van der Waals surface area (Å²) in [6.07, 6.45) is 4.15. The molecule has 1 aromatic heterocycles. The lowest BCUT2D eigenvalue weighted by molar-refractivity contribution is -0.137. The van der Waals surface area contributed by atoms with Crippen molar-refractivity contribution >= 4 is 17.6 Å². The Kier molecular flexibility index (Phi) is 3.61. The van der Waals surface area contributed by atoms with Crippen molar-refractivity contribution in [1.29, 1.82) is 0 Å². The van der Waals surface area contributed by atoms with Gasteiger partial charge in [0.25, 0.3) is 5.91 Å². The first kappa shape index (κ1) is 12.6. The highest BCUT2D eigenvalue weighted by Gasteiger charge is 2.28. The Bertz CT molecular complexity index is 457. The third kappa shape index (κ3) is 3.07. The van der Waals surface area contributed by atoms with E-state index < -0.39 is 12.1 Å². The summed E-state index contributed by atoms with van der Waals surface area (Å²) in [6, 6.07) is 0. The van der Waals surface area contributed by atoms with Crippen molar-refractivity contribution in [2.24, 2.45) is 0 Å². The van der Waals surface area contributed by atoms with Crippen LogP contribution in [0.1, 0.15) is 19.8 Å². The number of carboxylic acids is 1.